The summed E-state index contributed by atoms with van der Waals surface area (Å²) in [6.45, 7) is -0.313. The Kier molecular flexibility index (Phi) is 4.57. The van der Waals surface area contributed by atoms with Gasteiger partial charge in [-0.2, -0.15) is 4.68 Å². The van der Waals surface area contributed by atoms with Crippen molar-refractivity contribution in [3.63, 3.8) is 0 Å². The van der Waals surface area contributed by atoms with Crippen LogP contribution in [0, 0.1) is 10.1 Å². The minimum Gasteiger partial charge on any atom is -0.395 e. The maximum atomic E-state index is 12.3. The molecule has 1 aromatic heterocycles. The summed E-state index contributed by atoms with van der Waals surface area (Å²) in [5.41, 5.74) is -2.70. The maximum Gasteiger partial charge on any atom is 0.348 e. The highest BCUT2D eigenvalue weighted by atomic mass is 32.2. The zero-order valence-corrected chi connectivity index (χ0v) is 13.1. The van der Waals surface area contributed by atoms with Crippen molar-refractivity contribution in [2.45, 2.75) is 0 Å². The number of fused-ring (bicyclic) bond motifs is 1. The van der Waals surface area contributed by atoms with Crippen molar-refractivity contribution in [3.05, 3.63) is 43.1 Å². The molecule has 0 aliphatic carbocycles. The van der Waals surface area contributed by atoms with Crippen LogP contribution < -0.4 is 21.4 Å². The largest absolute Gasteiger partial charge is 0.395 e. The van der Waals surface area contributed by atoms with Crippen LogP contribution in [0.5, 0.6) is 0 Å². The average molecular weight is 359 g/mol. The van der Waals surface area contributed by atoms with E-state index in [1.54, 1.807) is 4.83 Å². The molecule has 12 nitrogen and oxygen atoms in total. The molecule has 4 N–H and O–H groups in total. The molecule has 24 heavy (non-hydrogen) atoms. The molecule has 2 aromatic rings. The molecule has 0 bridgehead atoms. The van der Waals surface area contributed by atoms with Gasteiger partial charge in [-0.15, -0.1) is 0 Å². The summed E-state index contributed by atoms with van der Waals surface area (Å²) >= 11 is 0. The smallest absolute Gasteiger partial charge is 0.348 e. The van der Waals surface area contributed by atoms with Gasteiger partial charge in [-0.05, 0) is 6.07 Å². The minimum atomic E-state index is -3.90. The lowest BCUT2D eigenvalue weighted by Gasteiger charge is -2.10. The summed E-state index contributed by atoms with van der Waals surface area (Å²) in [5.74, 6) is 0. The van der Waals surface area contributed by atoms with Gasteiger partial charge in [-0.25, -0.2) is 18.0 Å². The Labute approximate surface area is 133 Å². The van der Waals surface area contributed by atoms with Gasteiger partial charge in [0.25, 0.3) is 11.2 Å². The Hall–Kier alpha value is -2.93. The Bertz CT molecular complexity index is 1020. The average Bonchev–Trinajstić information content (AvgIpc) is 2.48. The number of benzene rings is 1. The van der Waals surface area contributed by atoms with E-state index >= 15 is 0 Å². The van der Waals surface area contributed by atoms with Crippen molar-refractivity contribution in [1.29, 1.82) is 0 Å². The van der Waals surface area contributed by atoms with Gasteiger partial charge in [-0.3, -0.25) is 14.9 Å². The van der Waals surface area contributed by atoms with E-state index in [9.17, 15) is 28.1 Å². The van der Waals surface area contributed by atoms with Gasteiger partial charge in [0.1, 0.15) is 5.69 Å². The first kappa shape index (κ1) is 17.4. The molecule has 0 radical (unpaired) electrons. The number of aliphatic hydroxyl groups is 1. The van der Waals surface area contributed by atoms with E-state index in [2.05, 4.69) is 10.3 Å². The number of hydrogen-bond donors (Lipinski definition) is 4. The monoisotopic (exact) mass is 359 g/mol. The van der Waals surface area contributed by atoms with Crippen molar-refractivity contribution >= 4 is 32.3 Å². The fourth-order valence-electron chi connectivity index (χ4n) is 1.98. The minimum absolute atomic E-state index is 0.00845. The molecule has 0 unspecified atom stereocenters. The molecule has 130 valence electrons. The molecule has 0 fully saturated rings. The second-order valence-electron chi connectivity index (χ2n) is 4.76. The quantitative estimate of drug-likeness (QED) is 0.356. The maximum absolute atomic E-state index is 12.3. The lowest BCUT2D eigenvalue weighted by atomic mass is 10.2. The third-order valence-corrected chi connectivity index (χ3v) is 3.41. The number of nitrogens with one attached hydrogen (secondary N) is 3. The number of sulfonamides is 1. The van der Waals surface area contributed by atoms with E-state index in [1.165, 1.54) is 0 Å². The van der Waals surface area contributed by atoms with Gasteiger partial charge in [0.2, 0.25) is 10.0 Å². The number of aromatic amines is 1. The van der Waals surface area contributed by atoms with E-state index in [4.69, 9.17) is 5.11 Å². The van der Waals surface area contributed by atoms with E-state index in [-0.39, 0.29) is 34.4 Å². The summed E-state index contributed by atoms with van der Waals surface area (Å²) in [6, 6.07) is 2.07. The molecule has 0 saturated heterocycles. The molecule has 0 amide bonds. The number of rotatable bonds is 6. The fraction of sp³-hybridized carbons (Fsp3) is 0.273. The van der Waals surface area contributed by atoms with Crippen LogP contribution in [0.1, 0.15) is 0 Å². The van der Waals surface area contributed by atoms with E-state index in [0.717, 1.165) is 18.4 Å². The molecule has 0 aliphatic heterocycles. The Balaban J connectivity index is 2.78. The third kappa shape index (κ3) is 3.52. The van der Waals surface area contributed by atoms with Gasteiger partial charge >= 0.3 is 5.69 Å². The standard InChI is InChI=1S/C11H13N5O7S/c1-24(22,23)14-15-10(18)6-4-8(12-2-3-17)9(16(20)21)5-7(6)13-11(15)19/h4-5,12,14,17H,2-3H2,1H3,(H,13,19). The Morgan fingerprint density at radius 3 is 2.58 bits per heavy atom. The second-order valence-corrected chi connectivity index (χ2v) is 6.48. The number of hydrogen-bond acceptors (Lipinski definition) is 8. The number of H-pyrrole nitrogens is 1. The van der Waals surface area contributed by atoms with Crippen molar-refractivity contribution in [1.82, 2.24) is 9.66 Å². The third-order valence-electron chi connectivity index (χ3n) is 2.90. The summed E-state index contributed by atoms with van der Waals surface area (Å²) < 4.78 is 22.7. The fourth-order valence-corrected chi connectivity index (χ4v) is 2.48. The van der Waals surface area contributed by atoms with Gasteiger partial charge in [-0.1, -0.05) is 0 Å². The topological polar surface area (TPSA) is 176 Å². The molecule has 0 atom stereocenters. The van der Waals surface area contributed by atoms with Gasteiger partial charge in [0, 0.05) is 12.6 Å². The molecule has 0 spiro atoms. The van der Waals surface area contributed by atoms with Crippen LogP contribution in [-0.2, 0) is 10.0 Å². The van der Waals surface area contributed by atoms with Crippen molar-refractivity contribution < 1.29 is 18.4 Å². The van der Waals surface area contributed by atoms with Gasteiger partial charge in [0.05, 0.1) is 28.7 Å². The molecule has 1 heterocycles. The first-order chi connectivity index (χ1) is 11.1. The number of aliphatic hydroxyl groups excluding tert-OH is 1. The summed E-state index contributed by atoms with van der Waals surface area (Å²) in [7, 11) is -3.90. The van der Waals surface area contributed by atoms with Gasteiger partial charge in [0.15, 0.2) is 0 Å². The zero-order valence-electron chi connectivity index (χ0n) is 12.3. The van der Waals surface area contributed by atoms with Crippen LogP contribution in [0.15, 0.2) is 21.7 Å². The zero-order chi connectivity index (χ0) is 18.1. The Morgan fingerprint density at radius 2 is 2.04 bits per heavy atom. The van der Waals surface area contributed by atoms with Crippen LogP contribution >= 0.6 is 0 Å². The van der Waals surface area contributed by atoms with Crippen LogP contribution in [-0.4, -0.2) is 47.5 Å². The van der Waals surface area contributed by atoms with Crippen molar-refractivity contribution in [2.24, 2.45) is 0 Å². The van der Waals surface area contributed by atoms with E-state index in [0.29, 0.717) is 0 Å². The molecular formula is C11H13N5O7S. The number of nitro groups is 1. The SMILES string of the molecule is CS(=O)(=O)Nn1c(=O)[nH]c2cc([N+](=O)[O-])c(NCCO)cc2c1=O. The van der Waals surface area contributed by atoms with Crippen molar-refractivity contribution in [2.75, 3.05) is 29.6 Å². The normalized spacial score (nSPS) is 11.4. The second kappa shape index (κ2) is 6.29. The molecular weight excluding hydrogens is 346 g/mol. The lowest BCUT2D eigenvalue weighted by Crippen LogP contribution is -2.43. The van der Waals surface area contributed by atoms with Crippen LogP contribution in [0.4, 0.5) is 11.4 Å². The van der Waals surface area contributed by atoms with Gasteiger partial charge < -0.3 is 15.4 Å². The van der Waals surface area contributed by atoms with Crippen LogP contribution in [0.3, 0.4) is 0 Å². The highest BCUT2D eigenvalue weighted by Crippen LogP contribution is 2.27. The lowest BCUT2D eigenvalue weighted by molar-refractivity contribution is -0.383. The van der Waals surface area contributed by atoms with E-state index < -0.39 is 31.9 Å². The predicted octanol–water partition coefficient (Wildman–Crippen LogP) is -1.49. The molecule has 0 saturated carbocycles. The highest BCUT2D eigenvalue weighted by Gasteiger charge is 2.19. The molecule has 13 heteroatoms. The van der Waals surface area contributed by atoms with Crippen molar-refractivity contribution in [3.8, 4) is 0 Å². The highest BCUT2D eigenvalue weighted by molar-refractivity contribution is 7.91. The summed E-state index contributed by atoms with van der Waals surface area (Å²) in [5, 5.41) is 22.3. The van der Waals surface area contributed by atoms with Crippen LogP contribution in [0.2, 0.25) is 0 Å². The first-order valence-corrected chi connectivity index (χ1v) is 8.33. The Morgan fingerprint density at radius 1 is 1.38 bits per heavy atom. The number of anilines is 1. The molecule has 2 rings (SSSR count). The molecule has 1 aromatic carbocycles. The summed E-state index contributed by atoms with van der Waals surface area (Å²) in [4.78, 5) is 38.4. The van der Waals surface area contributed by atoms with E-state index in [1.807, 2.05) is 0 Å². The number of nitrogens with zero attached hydrogens (tertiary/aromatic N) is 2. The number of nitro benzene ring substituents is 1. The summed E-state index contributed by atoms with van der Waals surface area (Å²) in [6.07, 6.45) is 0.757. The molecule has 0 aliphatic rings. The van der Waals surface area contributed by atoms with Crippen LogP contribution in [0.25, 0.3) is 10.9 Å². The predicted molar refractivity (Wildman–Crippen MR) is 85.3 cm³/mol. The first-order valence-electron chi connectivity index (χ1n) is 6.44. The number of aromatic nitrogens is 2.